The average molecular weight is 276 g/mol. The number of hydrogen-bond donors (Lipinski definition) is 0. The van der Waals surface area contributed by atoms with Gasteiger partial charge in [-0.3, -0.25) is 0 Å². The second-order valence-corrected chi connectivity index (χ2v) is 4.50. The van der Waals surface area contributed by atoms with Gasteiger partial charge >= 0.3 is 0 Å². The highest BCUT2D eigenvalue weighted by atomic mass is 35.5. The van der Waals surface area contributed by atoms with Gasteiger partial charge < -0.3 is 4.74 Å². The van der Waals surface area contributed by atoms with Crippen molar-refractivity contribution in [3.63, 3.8) is 0 Å². The zero-order valence-corrected chi connectivity index (χ0v) is 11.0. The van der Waals surface area contributed by atoms with Crippen LogP contribution in [0, 0.1) is 24.1 Å². The number of nitriles is 1. The molecule has 0 aliphatic rings. The van der Waals surface area contributed by atoms with E-state index >= 15 is 0 Å². The molecular formula is C15H11ClFNO. The monoisotopic (exact) mass is 275 g/mol. The Morgan fingerprint density at radius 2 is 2.11 bits per heavy atom. The van der Waals surface area contributed by atoms with Crippen molar-refractivity contribution in [1.29, 1.82) is 5.26 Å². The number of ether oxygens (including phenoxy) is 1. The van der Waals surface area contributed by atoms with Crippen LogP contribution in [0.4, 0.5) is 4.39 Å². The zero-order chi connectivity index (χ0) is 13.8. The molecule has 19 heavy (non-hydrogen) atoms. The Balaban J connectivity index is 2.15. The van der Waals surface area contributed by atoms with E-state index in [4.69, 9.17) is 21.6 Å². The molecule has 0 saturated heterocycles. The Morgan fingerprint density at radius 1 is 1.32 bits per heavy atom. The molecule has 2 nitrogen and oxygen atoms in total. The van der Waals surface area contributed by atoms with E-state index in [1.54, 1.807) is 36.4 Å². The van der Waals surface area contributed by atoms with Gasteiger partial charge in [0.15, 0.2) is 0 Å². The molecule has 2 aromatic rings. The van der Waals surface area contributed by atoms with E-state index in [1.165, 1.54) is 6.07 Å². The number of halogens is 2. The highest BCUT2D eigenvalue weighted by Crippen LogP contribution is 2.22. The van der Waals surface area contributed by atoms with Crippen molar-refractivity contribution in [3.05, 3.63) is 63.9 Å². The number of nitrogens with zero attached hydrogens (tertiary/aromatic N) is 1. The lowest BCUT2D eigenvalue weighted by atomic mass is 10.1. The molecule has 0 unspecified atom stereocenters. The minimum atomic E-state index is -0.532. The van der Waals surface area contributed by atoms with Crippen molar-refractivity contribution in [2.45, 2.75) is 13.5 Å². The standard InChI is InChI=1S/C15H11ClFNO/c1-10-7-13(5-6-14(10)16)19-9-12-4-2-3-11(8-18)15(12)17/h2-7H,9H2,1H3. The molecule has 0 spiro atoms. The summed E-state index contributed by atoms with van der Waals surface area (Å²) >= 11 is 5.91. The molecule has 0 atom stereocenters. The SMILES string of the molecule is Cc1cc(OCc2cccc(C#N)c2F)ccc1Cl. The fourth-order valence-electron chi connectivity index (χ4n) is 1.65. The quantitative estimate of drug-likeness (QED) is 0.839. The average Bonchev–Trinajstić information content (AvgIpc) is 2.41. The summed E-state index contributed by atoms with van der Waals surface area (Å²) in [5.41, 5.74) is 1.27. The second-order valence-electron chi connectivity index (χ2n) is 4.09. The summed E-state index contributed by atoms with van der Waals surface area (Å²) in [4.78, 5) is 0. The van der Waals surface area contributed by atoms with Gasteiger partial charge in [0.25, 0.3) is 0 Å². The van der Waals surface area contributed by atoms with Crippen LogP contribution < -0.4 is 4.74 Å². The number of benzene rings is 2. The van der Waals surface area contributed by atoms with Gasteiger partial charge in [-0.2, -0.15) is 5.26 Å². The molecule has 2 rings (SSSR count). The van der Waals surface area contributed by atoms with E-state index < -0.39 is 5.82 Å². The topological polar surface area (TPSA) is 33.0 Å². The molecule has 4 heteroatoms. The maximum atomic E-state index is 13.8. The molecule has 0 N–H and O–H groups in total. The molecule has 2 aromatic carbocycles. The maximum Gasteiger partial charge on any atom is 0.147 e. The molecule has 0 heterocycles. The van der Waals surface area contributed by atoms with Crippen LogP contribution in [0.25, 0.3) is 0 Å². The van der Waals surface area contributed by atoms with E-state index in [1.807, 2.05) is 6.92 Å². The van der Waals surface area contributed by atoms with Crippen LogP contribution in [0.1, 0.15) is 16.7 Å². The predicted molar refractivity (Wildman–Crippen MR) is 71.6 cm³/mol. The van der Waals surface area contributed by atoms with E-state index in [-0.39, 0.29) is 12.2 Å². The summed E-state index contributed by atoms with van der Waals surface area (Å²) in [5.74, 6) is 0.0827. The van der Waals surface area contributed by atoms with E-state index in [0.29, 0.717) is 16.3 Å². The number of aryl methyl sites for hydroxylation is 1. The van der Waals surface area contributed by atoms with Crippen LogP contribution in [-0.2, 0) is 6.61 Å². The Morgan fingerprint density at radius 3 is 2.79 bits per heavy atom. The van der Waals surface area contributed by atoms with Gasteiger partial charge in [-0.05, 0) is 36.8 Å². The lowest BCUT2D eigenvalue weighted by Crippen LogP contribution is -2.00. The van der Waals surface area contributed by atoms with Crippen molar-refractivity contribution < 1.29 is 9.13 Å². The summed E-state index contributed by atoms with van der Waals surface area (Å²) < 4.78 is 19.3. The van der Waals surface area contributed by atoms with Gasteiger partial charge in [0.05, 0.1) is 5.56 Å². The fourth-order valence-corrected chi connectivity index (χ4v) is 1.76. The summed E-state index contributed by atoms with van der Waals surface area (Å²) in [7, 11) is 0. The van der Waals surface area contributed by atoms with Crippen LogP contribution >= 0.6 is 11.6 Å². The molecule has 0 amide bonds. The number of rotatable bonds is 3. The smallest absolute Gasteiger partial charge is 0.147 e. The Kier molecular flexibility index (Phi) is 4.03. The third-order valence-electron chi connectivity index (χ3n) is 2.72. The van der Waals surface area contributed by atoms with E-state index in [0.717, 1.165) is 5.56 Å². The molecule has 0 bridgehead atoms. The summed E-state index contributed by atoms with van der Waals surface area (Å²) in [6.07, 6.45) is 0. The van der Waals surface area contributed by atoms with E-state index in [2.05, 4.69) is 0 Å². The van der Waals surface area contributed by atoms with Crippen LogP contribution in [0.2, 0.25) is 5.02 Å². The minimum Gasteiger partial charge on any atom is -0.489 e. The fraction of sp³-hybridized carbons (Fsp3) is 0.133. The maximum absolute atomic E-state index is 13.8. The Bertz CT molecular complexity index is 649. The summed E-state index contributed by atoms with van der Waals surface area (Å²) in [6, 6.07) is 11.7. The van der Waals surface area contributed by atoms with Crippen molar-refractivity contribution in [1.82, 2.24) is 0 Å². The van der Waals surface area contributed by atoms with Crippen LogP contribution in [0.5, 0.6) is 5.75 Å². The lowest BCUT2D eigenvalue weighted by molar-refractivity contribution is 0.299. The van der Waals surface area contributed by atoms with Crippen molar-refractivity contribution in [2.75, 3.05) is 0 Å². The Hall–Kier alpha value is -2.05. The molecule has 96 valence electrons. The predicted octanol–water partition coefficient (Wildman–Crippen LogP) is 4.24. The van der Waals surface area contributed by atoms with Crippen LogP contribution in [0.15, 0.2) is 36.4 Å². The molecule has 0 aliphatic heterocycles. The summed E-state index contributed by atoms with van der Waals surface area (Å²) in [6.45, 7) is 1.94. The Labute approximate surface area is 116 Å². The first-order chi connectivity index (χ1) is 9.11. The number of hydrogen-bond acceptors (Lipinski definition) is 2. The first kappa shape index (κ1) is 13.4. The molecular weight excluding hydrogens is 265 g/mol. The van der Waals surface area contributed by atoms with Gasteiger partial charge in [0, 0.05) is 10.6 Å². The molecule has 0 aromatic heterocycles. The van der Waals surface area contributed by atoms with E-state index in [9.17, 15) is 4.39 Å². The van der Waals surface area contributed by atoms with Crippen molar-refractivity contribution >= 4 is 11.6 Å². The van der Waals surface area contributed by atoms with Gasteiger partial charge in [-0.1, -0.05) is 23.7 Å². The van der Waals surface area contributed by atoms with Crippen molar-refractivity contribution in [2.24, 2.45) is 0 Å². The summed E-state index contributed by atoms with van der Waals surface area (Å²) in [5, 5.41) is 9.41. The first-order valence-electron chi connectivity index (χ1n) is 5.68. The zero-order valence-electron chi connectivity index (χ0n) is 10.3. The van der Waals surface area contributed by atoms with Gasteiger partial charge in [0.2, 0.25) is 0 Å². The largest absolute Gasteiger partial charge is 0.489 e. The molecule has 0 aliphatic carbocycles. The molecule has 0 saturated carbocycles. The second kappa shape index (κ2) is 5.73. The third kappa shape index (κ3) is 3.04. The van der Waals surface area contributed by atoms with Crippen LogP contribution in [-0.4, -0.2) is 0 Å². The molecule has 0 fully saturated rings. The van der Waals surface area contributed by atoms with Crippen LogP contribution in [0.3, 0.4) is 0 Å². The highest BCUT2D eigenvalue weighted by Gasteiger charge is 2.08. The third-order valence-corrected chi connectivity index (χ3v) is 3.15. The lowest BCUT2D eigenvalue weighted by Gasteiger charge is -2.09. The van der Waals surface area contributed by atoms with Gasteiger partial charge in [-0.25, -0.2) is 4.39 Å². The van der Waals surface area contributed by atoms with Gasteiger partial charge in [0.1, 0.15) is 24.2 Å². The van der Waals surface area contributed by atoms with Gasteiger partial charge in [-0.15, -0.1) is 0 Å². The first-order valence-corrected chi connectivity index (χ1v) is 6.06. The molecule has 0 radical (unpaired) electrons. The highest BCUT2D eigenvalue weighted by molar-refractivity contribution is 6.31. The minimum absolute atomic E-state index is 0.0217. The van der Waals surface area contributed by atoms with Crippen molar-refractivity contribution in [3.8, 4) is 11.8 Å². The normalized spacial score (nSPS) is 10.0.